The Labute approximate surface area is 192 Å². The van der Waals surface area contributed by atoms with Crippen LogP contribution in [0.4, 0.5) is 0 Å². The lowest BCUT2D eigenvalue weighted by atomic mass is 10.1. The largest absolute Gasteiger partial charge is 0.479 e. The van der Waals surface area contributed by atoms with Crippen LogP contribution in [-0.2, 0) is 4.79 Å². The molecular weight excluding hydrogens is 486 g/mol. The molecule has 0 aliphatic heterocycles. The maximum Gasteiger partial charge on any atom is 0.344 e. The van der Waals surface area contributed by atoms with E-state index in [0.717, 1.165) is 10.9 Å². The number of hydrogen-bond donors (Lipinski definition) is 1. The Morgan fingerprint density at radius 3 is 2.71 bits per heavy atom. The van der Waals surface area contributed by atoms with Gasteiger partial charge in [-0.15, -0.1) is 0 Å². The Morgan fingerprint density at radius 2 is 2.06 bits per heavy atom. The van der Waals surface area contributed by atoms with Crippen LogP contribution >= 0.6 is 27.5 Å². The molecule has 7 nitrogen and oxygen atoms in total. The Balaban J connectivity index is 2.02. The summed E-state index contributed by atoms with van der Waals surface area (Å²) in [5.74, 6) is -0.243. The van der Waals surface area contributed by atoms with Gasteiger partial charge in [-0.25, -0.2) is 9.78 Å². The number of fused-ring (bicyclic) bond motifs is 1. The van der Waals surface area contributed by atoms with Crippen molar-refractivity contribution in [1.29, 1.82) is 0 Å². The standard InChI is InChI=1S/C22H21BrClN3O4/c1-4-12(2)20-26-18-7-6-15(23)10-16(18)21(28)27(20)25-11-14-5-8-19(17(24)9-14)31-13(3)22(29)30/h5-13H,4H2,1-3H3,(H,29,30)/t12-,13-/m1/s1. The first-order chi connectivity index (χ1) is 14.7. The zero-order chi connectivity index (χ0) is 22.7. The molecule has 1 aromatic heterocycles. The molecule has 0 aliphatic carbocycles. The number of benzene rings is 2. The predicted molar refractivity (Wildman–Crippen MR) is 125 cm³/mol. The molecule has 0 fully saturated rings. The summed E-state index contributed by atoms with van der Waals surface area (Å²) in [5.41, 5.74) is 0.975. The van der Waals surface area contributed by atoms with Crippen LogP contribution in [0.2, 0.25) is 5.02 Å². The second-order valence-electron chi connectivity index (χ2n) is 7.09. The van der Waals surface area contributed by atoms with Crippen LogP contribution in [0.3, 0.4) is 0 Å². The van der Waals surface area contributed by atoms with Gasteiger partial charge in [0, 0.05) is 10.4 Å². The van der Waals surface area contributed by atoms with Crippen LogP contribution in [0.15, 0.2) is 50.8 Å². The van der Waals surface area contributed by atoms with Gasteiger partial charge in [0.05, 0.1) is 22.1 Å². The minimum absolute atomic E-state index is 0.0229. The van der Waals surface area contributed by atoms with E-state index >= 15 is 0 Å². The summed E-state index contributed by atoms with van der Waals surface area (Å²) in [5, 5.41) is 14.1. The van der Waals surface area contributed by atoms with E-state index in [4.69, 9.17) is 21.4 Å². The Hall–Kier alpha value is -2.71. The fourth-order valence-electron chi connectivity index (χ4n) is 2.84. The summed E-state index contributed by atoms with van der Waals surface area (Å²) < 4.78 is 7.42. The number of aliphatic carboxylic acids is 1. The number of rotatable bonds is 7. The highest BCUT2D eigenvalue weighted by Gasteiger charge is 2.16. The molecule has 1 heterocycles. The normalized spacial score (nSPS) is 13.5. The van der Waals surface area contributed by atoms with Crippen molar-refractivity contribution in [2.24, 2.45) is 5.10 Å². The van der Waals surface area contributed by atoms with Crippen molar-refractivity contribution in [2.45, 2.75) is 39.2 Å². The first-order valence-corrected chi connectivity index (χ1v) is 10.8. The molecule has 162 valence electrons. The number of halogens is 2. The third-order valence-corrected chi connectivity index (χ3v) is 5.60. The minimum atomic E-state index is -1.09. The van der Waals surface area contributed by atoms with Gasteiger partial charge in [0.1, 0.15) is 11.6 Å². The number of carboxylic acid groups (broad SMARTS) is 1. The van der Waals surface area contributed by atoms with E-state index in [-0.39, 0.29) is 22.2 Å². The van der Waals surface area contributed by atoms with Crippen molar-refractivity contribution in [2.75, 3.05) is 0 Å². The maximum atomic E-state index is 13.1. The quantitative estimate of drug-likeness (QED) is 0.452. The van der Waals surface area contributed by atoms with Gasteiger partial charge in [-0.1, -0.05) is 41.4 Å². The van der Waals surface area contributed by atoms with Gasteiger partial charge >= 0.3 is 5.97 Å². The van der Waals surface area contributed by atoms with Crippen molar-refractivity contribution < 1.29 is 14.6 Å². The van der Waals surface area contributed by atoms with Crippen LogP contribution in [0.5, 0.6) is 5.75 Å². The molecule has 2 atom stereocenters. The van der Waals surface area contributed by atoms with Gasteiger partial charge in [0.2, 0.25) is 0 Å². The van der Waals surface area contributed by atoms with E-state index in [1.165, 1.54) is 17.8 Å². The van der Waals surface area contributed by atoms with Gasteiger partial charge in [-0.05, 0) is 55.3 Å². The van der Waals surface area contributed by atoms with Gasteiger partial charge in [-0.2, -0.15) is 9.78 Å². The zero-order valence-corrected chi connectivity index (χ0v) is 19.5. The van der Waals surface area contributed by atoms with Crippen LogP contribution in [0, 0.1) is 0 Å². The lowest BCUT2D eigenvalue weighted by molar-refractivity contribution is -0.144. The second kappa shape index (κ2) is 9.62. The summed E-state index contributed by atoms with van der Waals surface area (Å²) >= 11 is 9.62. The SMILES string of the molecule is CC[C@@H](C)c1nc2ccc(Br)cc2c(=O)n1N=Cc1ccc(O[C@H](C)C(=O)O)c(Cl)c1. The minimum Gasteiger partial charge on any atom is -0.479 e. The monoisotopic (exact) mass is 505 g/mol. The highest BCUT2D eigenvalue weighted by Crippen LogP contribution is 2.26. The number of nitrogens with zero attached hydrogens (tertiary/aromatic N) is 3. The smallest absolute Gasteiger partial charge is 0.344 e. The molecule has 2 aromatic carbocycles. The predicted octanol–water partition coefficient (Wildman–Crippen LogP) is 5.06. The van der Waals surface area contributed by atoms with Crippen molar-refractivity contribution in [3.63, 3.8) is 0 Å². The molecule has 0 amide bonds. The highest BCUT2D eigenvalue weighted by atomic mass is 79.9. The molecule has 1 N–H and O–H groups in total. The van der Waals surface area contributed by atoms with Crippen LogP contribution < -0.4 is 10.3 Å². The molecule has 3 aromatic rings. The fourth-order valence-corrected chi connectivity index (χ4v) is 3.43. The topological polar surface area (TPSA) is 93.8 Å². The van der Waals surface area contributed by atoms with Gasteiger partial charge < -0.3 is 9.84 Å². The summed E-state index contributed by atoms with van der Waals surface area (Å²) in [6.07, 6.45) is 1.27. The van der Waals surface area contributed by atoms with E-state index in [1.54, 1.807) is 30.3 Å². The molecule has 9 heteroatoms. The van der Waals surface area contributed by atoms with Gasteiger partial charge in [0.25, 0.3) is 5.56 Å². The van der Waals surface area contributed by atoms with Crippen LogP contribution in [0.25, 0.3) is 10.9 Å². The van der Waals surface area contributed by atoms with E-state index in [1.807, 2.05) is 19.9 Å². The van der Waals surface area contributed by atoms with Crippen molar-refractivity contribution in [3.8, 4) is 5.75 Å². The third-order valence-electron chi connectivity index (χ3n) is 4.82. The van der Waals surface area contributed by atoms with Crippen molar-refractivity contribution in [1.82, 2.24) is 9.66 Å². The first kappa shape index (κ1) is 23.0. The summed E-state index contributed by atoms with van der Waals surface area (Å²) in [6, 6.07) is 10.2. The number of aromatic nitrogens is 2. The Bertz CT molecular complexity index is 1230. The van der Waals surface area contributed by atoms with E-state index in [0.29, 0.717) is 22.3 Å². The number of carboxylic acids is 1. The average Bonchev–Trinajstić information content (AvgIpc) is 2.74. The van der Waals surface area contributed by atoms with Crippen LogP contribution in [-0.4, -0.2) is 33.1 Å². The second-order valence-corrected chi connectivity index (χ2v) is 8.41. The molecule has 31 heavy (non-hydrogen) atoms. The zero-order valence-electron chi connectivity index (χ0n) is 17.2. The molecule has 3 rings (SSSR count). The maximum absolute atomic E-state index is 13.1. The fraction of sp³-hybridized carbons (Fsp3) is 0.273. The highest BCUT2D eigenvalue weighted by molar-refractivity contribution is 9.10. The number of hydrogen-bond acceptors (Lipinski definition) is 5. The lowest BCUT2D eigenvalue weighted by Gasteiger charge is -2.14. The first-order valence-electron chi connectivity index (χ1n) is 9.66. The summed E-state index contributed by atoms with van der Waals surface area (Å²) in [4.78, 5) is 28.8. The van der Waals surface area contributed by atoms with Crippen molar-refractivity contribution in [3.05, 3.63) is 67.6 Å². The van der Waals surface area contributed by atoms with Crippen molar-refractivity contribution >= 4 is 50.6 Å². The van der Waals surface area contributed by atoms with E-state index in [2.05, 4.69) is 26.0 Å². The summed E-state index contributed by atoms with van der Waals surface area (Å²) in [7, 11) is 0. The molecular formula is C22H21BrClN3O4. The van der Waals surface area contributed by atoms with E-state index in [9.17, 15) is 9.59 Å². The van der Waals surface area contributed by atoms with Gasteiger partial charge in [0.15, 0.2) is 6.10 Å². The molecule has 0 bridgehead atoms. The Kier molecular flexibility index (Phi) is 7.12. The Morgan fingerprint density at radius 1 is 1.32 bits per heavy atom. The molecule has 0 saturated carbocycles. The van der Waals surface area contributed by atoms with Crippen LogP contribution in [0.1, 0.15) is 44.5 Å². The number of carbonyl (C=O) groups is 1. The lowest BCUT2D eigenvalue weighted by Crippen LogP contribution is -2.23. The summed E-state index contributed by atoms with van der Waals surface area (Å²) in [6.45, 7) is 5.43. The van der Waals surface area contributed by atoms with E-state index < -0.39 is 12.1 Å². The molecule has 0 unspecified atom stereocenters. The molecule has 0 aliphatic rings. The molecule has 0 spiro atoms. The third kappa shape index (κ3) is 5.14. The van der Waals surface area contributed by atoms with Gasteiger partial charge in [-0.3, -0.25) is 4.79 Å². The number of ether oxygens (including phenoxy) is 1. The molecule has 0 saturated heterocycles. The molecule has 0 radical (unpaired) electrons. The average molecular weight is 507 g/mol.